The van der Waals surface area contributed by atoms with Crippen molar-refractivity contribution in [2.45, 2.75) is 19.9 Å². The summed E-state index contributed by atoms with van der Waals surface area (Å²) >= 11 is 0. The first kappa shape index (κ1) is 27.1. The first-order valence-corrected chi connectivity index (χ1v) is 14.3. The molecule has 4 aromatic rings. The lowest BCUT2D eigenvalue weighted by Crippen LogP contribution is -2.55. The third kappa shape index (κ3) is 4.85. The maximum absolute atomic E-state index is 14.3. The van der Waals surface area contributed by atoms with Gasteiger partial charge in [0.1, 0.15) is 0 Å². The van der Waals surface area contributed by atoms with Crippen molar-refractivity contribution in [3.8, 4) is 0 Å². The van der Waals surface area contributed by atoms with Gasteiger partial charge in [-0.3, -0.25) is 14.6 Å². The molecule has 1 saturated heterocycles. The Balaban J connectivity index is 1.28. The Bertz CT molecular complexity index is 1560. The van der Waals surface area contributed by atoms with Crippen molar-refractivity contribution in [2.24, 2.45) is 0 Å². The van der Waals surface area contributed by atoms with Gasteiger partial charge in [0, 0.05) is 32.2 Å². The zero-order chi connectivity index (χ0) is 29.2. The number of benzene rings is 4. The third-order valence-electron chi connectivity index (χ3n) is 7.72. The highest BCUT2D eigenvalue weighted by Gasteiger charge is 2.37. The van der Waals surface area contributed by atoms with Crippen LogP contribution in [0.15, 0.2) is 109 Å². The van der Waals surface area contributed by atoms with E-state index in [2.05, 4.69) is 0 Å². The number of urea groups is 2. The zero-order valence-corrected chi connectivity index (χ0v) is 23.8. The van der Waals surface area contributed by atoms with Gasteiger partial charge in [-0.1, -0.05) is 60.7 Å². The molecule has 6 rings (SSSR count). The summed E-state index contributed by atoms with van der Waals surface area (Å²) in [5.41, 5.74) is 3.95. The molecule has 2 heterocycles. The van der Waals surface area contributed by atoms with E-state index in [0.717, 1.165) is 11.4 Å². The largest absolute Gasteiger partial charge is 0.329 e. The van der Waals surface area contributed by atoms with Crippen molar-refractivity contribution in [1.82, 2.24) is 9.80 Å². The molecule has 8 heteroatoms. The van der Waals surface area contributed by atoms with Crippen LogP contribution in [0.4, 0.5) is 38.0 Å². The van der Waals surface area contributed by atoms with Gasteiger partial charge in [-0.05, 0) is 62.4 Å². The minimum absolute atomic E-state index is 0.103. The summed E-state index contributed by atoms with van der Waals surface area (Å²) in [4.78, 5) is 50.6. The summed E-state index contributed by atoms with van der Waals surface area (Å²) in [6.45, 7) is 5.44. The summed E-state index contributed by atoms with van der Waals surface area (Å²) in [7, 11) is 0. The number of carbonyl (C=O) groups excluding carboxylic acids is 3. The predicted octanol–water partition coefficient (Wildman–Crippen LogP) is 6.89. The number of para-hydroxylation sites is 5. The molecule has 0 unspecified atom stereocenters. The van der Waals surface area contributed by atoms with E-state index in [1.54, 1.807) is 30.6 Å². The Labute approximate surface area is 246 Å². The Morgan fingerprint density at radius 3 is 1.67 bits per heavy atom. The Morgan fingerprint density at radius 2 is 1.10 bits per heavy atom. The molecule has 4 aromatic carbocycles. The molecule has 1 fully saturated rings. The second-order valence-electron chi connectivity index (χ2n) is 10.7. The van der Waals surface area contributed by atoms with Crippen molar-refractivity contribution < 1.29 is 14.4 Å². The van der Waals surface area contributed by atoms with Crippen LogP contribution in [0.5, 0.6) is 0 Å². The molecular weight excluding hydrogens is 526 g/mol. The molecule has 0 aliphatic carbocycles. The predicted molar refractivity (Wildman–Crippen MR) is 166 cm³/mol. The fourth-order valence-electron chi connectivity index (χ4n) is 5.69. The van der Waals surface area contributed by atoms with Crippen LogP contribution in [0.1, 0.15) is 24.2 Å². The number of anilines is 5. The van der Waals surface area contributed by atoms with Gasteiger partial charge in [-0.25, -0.2) is 9.59 Å². The highest BCUT2D eigenvalue weighted by molar-refractivity contribution is 6.18. The molecule has 42 heavy (non-hydrogen) atoms. The first-order valence-electron chi connectivity index (χ1n) is 14.3. The number of rotatable bonds is 3. The van der Waals surface area contributed by atoms with E-state index in [9.17, 15) is 14.4 Å². The van der Waals surface area contributed by atoms with Crippen LogP contribution in [0.3, 0.4) is 0 Å². The summed E-state index contributed by atoms with van der Waals surface area (Å²) in [6, 6.07) is 33.5. The smallest absolute Gasteiger partial charge is 0.320 e. The summed E-state index contributed by atoms with van der Waals surface area (Å²) in [5.74, 6) is -0.138. The van der Waals surface area contributed by atoms with Crippen molar-refractivity contribution in [2.75, 3.05) is 40.9 Å². The van der Waals surface area contributed by atoms with Gasteiger partial charge < -0.3 is 14.7 Å². The normalized spacial score (nSPS) is 14.8. The fraction of sp³-hybridized carbons (Fsp3) is 0.206. The van der Waals surface area contributed by atoms with Crippen molar-refractivity contribution in [3.63, 3.8) is 0 Å². The van der Waals surface area contributed by atoms with E-state index in [0.29, 0.717) is 48.8 Å². The second-order valence-corrected chi connectivity index (χ2v) is 10.7. The average molecular weight is 560 g/mol. The Kier molecular flexibility index (Phi) is 7.35. The van der Waals surface area contributed by atoms with E-state index in [-0.39, 0.29) is 24.0 Å². The van der Waals surface area contributed by atoms with Gasteiger partial charge in [-0.2, -0.15) is 0 Å². The molecule has 0 aromatic heterocycles. The monoisotopic (exact) mass is 559 g/mol. The molecule has 0 saturated carbocycles. The van der Waals surface area contributed by atoms with Crippen LogP contribution in [-0.2, 0) is 0 Å². The highest BCUT2D eigenvalue weighted by atomic mass is 16.2. The lowest BCUT2D eigenvalue weighted by Gasteiger charge is -2.39. The SMILES string of the molecule is CC(C)N1C(=O)c2ccccc2N(C(=O)N2CCN(C(=O)N(c3ccccc3)c3ccccc3)CC2)c2ccccc21. The molecule has 2 aliphatic heterocycles. The second kappa shape index (κ2) is 11.4. The van der Waals surface area contributed by atoms with Gasteiger partial charge in [-0.15, -0.1) is 0 Å². The number of nitrogens with zero attached hydrogens (tertiary/aromatic N) is 5. The number of fused-ring (bicyclic) bond motifs is 2. The highest BCUT2D eigenvalue weighted by Crippen LogP contribution is 2.42. The van der Waals surface area contributed by atoms with E-state index in [1.165, 1.54) is 0 Å². The fourth-order valence-corrected chi connectivity index (χ4v) is 5.69. The number of piperazine rings is 1. The van der Waals surface area contributed by atoms with Gasteiger partial charge in [0.15, 0.2) is 0 Å². The molecule has 0 radical (unpaired) electrons. The summed E-state index contributed by atoms with van der Waals surface area (Å²) < 4.78 is 0. The standard InChI is InChI=1S/C34H33N5O3/c1-25(2)37-30-19-11-12-20-31(30)39(29-18-10-9-17-28(29)32(37)40)34(42)36-23-21-35(22-24-36)33(41)38(26-13-5-3-6-14-26)27-15-7-4-8-16-27/h3-20,25H,21-24H2,1-2H3. The van der Waals surface area contributed by atoms with Crippen molar-refractivity contribution >= 4 is 46.4 Å². The quantitative estimate of drug-likeness (QED) is 0.275. The van der Waals surface area contributed by atoms with Gasteiger partial charge in [0.2, 0.25) is 0 Å². The Morgan fingerprint density at radius 1 is 0.619 bits per heavy atom. The minimum Gasteiger partial charge on any atom is -0.320 e. The lowest BCUT2D eigenvalue weighted by atomic mass is 10.1. The van der Waals surface area contributed by atoms with E-state index in [1.807, 2.05) is 117 Å². The number of amides is 5. The van der Waals surface area contributed by atoms with Gasteiger partial charge >= 0.3 is 12.1 Å². The van der Waals surface area contributed by atoms with Crippen molar-refractivity contribution in [3.05, 3.63) is 115 Å². The summed E-state index contributed by atoms with van der Waals surface area (Å²) in [6.07, 6.45) is 0. The molecule has 2 aliphatic rings. The topological polar surface area (TPSA) is 67.4 Å². The maximum Gasteiger partial charge on any atom is 0.329 e. The van der Waals surface area contributed by atoms with Gasteiger partial charge in [0.25, 0.3) is 5.91 Å². The molecule has 212 valence electrons. The van der Waals surface area contributed by atoms with E-state index < -0.39 is 0 Å². The van der Waals surface area contributed by atoms with Crippen LogP contribution < -0.4 is 14.7 Å². The van der Waals surface area contributed by atoms with Crippen LogP contribution in [-0.4, -0.2) is 60.0 Å². The third-order valence-corrected chi connectivity index (χ3v) is 7.72. The Hall–Kier alpha value is -5.11. The van der Waals surface area contributed by atoms with Crippen LogP contribution in [0.25, 0.3) is 0 Å². The molecule has 0 spiro atoms. The molecule has 5 amide bonds. The van der Waals surface area contributed by atoms with Crippen LogP contribution in [0.2, 0.25) is 0 Å². The number of hydrogen-bond acceptors (Lipinski definition) is 3. The maximum atomic E-state index is 14.3. The number of carbonyl (C=O) groups is 3. The van der Waals surface area contributed by atoms with Crippen molar-refractivity contribution in [1.29, 1.82) is 0 Å². The minimum atomic E-state index is -0.219. The molecular formula is C34H33N5O3. The average Bonchev–Trinajstić information content (AvgIpc) is 3.14. The lowest BCUT2D eigenvalue weighted by molar-refractivity contribution is 0.0981. The summed E-state index contributed by atoms with van der Waals surface area (Å²) in [5, 5.41) is 0. The molecule has 0 N–H and O–H groups in total. The van der Waals surface area contributed by atoms with Crippen LogP contribution in [0, 0.1) is 0 Å². The molecule has 0 atom stereocenters. The molecule has 8 nitrogen and oxygen atoms in total. The first-order chi connectivity index (χ1) is 20.5. The number of hydrogen-bond donors (Lipinski definition) is 0. The zero-order valence-electron chi connectivity index (χ0n) is 23.8. The van der Waals surface area contributed by atoms with E-state index in [4.69, 9.17) is 0 Å². The molecule has 0 bridgehead atoms. The van der Waals surface area contributed by atoms with E-state index >= 15 is 0 Å². The van der Waals surface area contributed by atoms with Gasteiger partial charge in [0.05, 0.1) is 34.0 Å². The van der Waals surface area contributed by atoms with Crippen LogP contribution >= 0.6 is 0 Å².